The monoisotopic (exact) mass is 281 g/mol. The van der Waals surface area contributed by atoms with Crippen LogP contribution in [0.4, 0.5) is 0 Å². The minimum atomic E-state index is 0. The maximum absolute atomic E-state index is 5.76. The van der Waals surface area contributed by atoms with Gasteiger partial charge in [0.05, 0.1) is 5.69 Å². The van der Waals surface area contributed by atoms with E-state index in [0.717, 1.165) is 31.1 Å². The molecule has 0 saturated carbocycles. The standard InChI is InChI=1S/C13H19N5.ClH/c1-10-5-11(6-14)7-18(10)9-12-8-17-4-2-3-15-13(17)16-12;/h2-4,8,10-11H,5-7,9,14H2,1H3;1H. The van der Waals surface area contributed by atoms with E-state index in [0.29, 0.717) is 12.0 Å². The van der Waals surface area contributed by atoms with Gasteiger partial charge in [0.15, 0.2) is 0 Å². The number of likely N-dealkylation sites (tertiary alicyclic amines) is 1. The van der Waals surface area contributed by atoms with Crippen molar-refractivity contribution < 1.29 is 0 Å². The number of hydrogen-bond donors (Lipinski definition) is 1. The van der Waals surface area contributed by atoms with Crippen LogP contribution in [-0.2, 0) is 6.54 Å². The Morgan fingerprint density at radius 1 is 1.47 bits per heavy atom. The second-order valence-corrected chi connectivity index (χ2v) is 5.18. The zero-order valence-corrected chi connectivity index (χ0v) is 11.9. The molecule has 3 heterocycles. The summed E-state index contributed by atoms with van der Waals surface area (Å²) >= 11 is 0. The highest BCUT2D eigenvalue weighted by atomic mass is 35.5. The van der Waals surface area contributed by atoms with Crippen LogP contribution in [0.15, 0.2) is 24.7 Å². The van der Waals surface area contributed by atoms with E-state index in [1.807, 2.05) is 16.7 Å². The Morgan fingerprint density at radius 3 is 3.00 bits per heavy atom. The van der Waals surface area contributed by atoms with E-state index in [4.69, 9.17) is 5.73 Å². The van der Waals surface area contributed by atoms with Crippen molar-refractivity contribution in [3.05, 3.63) is 30.4 Å². The number of nitrogens with two attached hydrogens (primary N) is 1. The fraction of sp³-hybridized carbons (Fsp3) is 0.538. The molecule has 5 nitrogen and oxygen atoms in total. The van der Waals surface area contributed by atoms with Gasteiger partial charge in [0.25, 0.3) is 0 Å². The molecule has 1 aliphatic rings. The number of fused-ring (bicyclic) bond motifs is 1. The second kappa shape index (κ2) is 5.86. The molecule has 19 heavy (non-hydrogen) atoms. The molecule has 2 aromatic rings. The first-order valence-electron chi connectivity index (χ1n) is 6.49. The summed E-state index contributed by atoms with van der Waals surface area (Å²) in [4.78, 5) is 11.2. The number of hydrogen-bond acceptors (Lipinski definition) is 4. The topological polar surface area (TPSA) is 59.5 Å². The largest absolute Gasteiger partial charge is 0.330 e. The molecule has 2 N–H and O–H groups in total. The summed E-state index contributed by atoms with van der Waals surface area (Å²) in [6.07, 6.45) is 7.01. The third-order valence-electron chi connectivity index (χ3n) is 3.77. The van der Waals surface area contributed by atoms with Gasteiger partial charge in [0.1, 0.15) is 0 Å². The van der Waals surface area contributed by atoms with E-state index in [1.165, 1.54) is 6.42 Å². The summed E-state index contributed by atoms with van der Waals surface area (Å²) in [6, 6.07) is 2.51. The summed E-state index contributed by atoms with van der Waals surface area (Å²) < 4.78 is 1.97. The first kappa shape index (κ1) is 14.2. The zero-order chi connectivity index (χ0) is 12.5. The van der Waals surface area contributed by atoms with Crippen LogP contribution >= 0.6 is 12.4 Å². The Bertz CT molecular complexity index is 508. The first-order chi connectivity index (χ1) is 8.76. The molecule has 6 heteroatoms. The summed E-state index contributed by atoms with van der Waals surface area (Å²) in [7, 11) is 0. The molecule has 2 unspecified atom stereocenters. The maximum atomic E-state index is 5.76. The van der Waals surface area contributed by atoms with Crippen LogP contribution < -0.4 is 5.73 Å². The van der Waals surface area contributed by atoms with E-state index in [-0.39, 0.29) is 12.4 Å². The van der Waals surface area contributed by atoms with Crippen molar-refractivity contribution >= 4 is 18.2 Å². The molecule has 0 spiro atoms. The fourth-order valence-corrected chi connectivity index (χ4v) is 2.77. The first-order valence-corrected chi connectivity index (χ1v) is 6.49. The van der Waals surface area contributed by atoms with Gasteiger partial charge in [0.2, 0.25) is 5.78 Å². The van der Waals surface area contributed by atoms with E-state index in [1.54, 1.807) is 6.20 Å². The number of halogens is 1. The molecule has 0 bridgehead atoms. The molecule has 0 radical (unpaired) electrons. The van der Waals surface area contributed by atoms with Crippen LogP contribution in [0, 0.1) is 5.92 Å². The van der Waals surface area contributed by atoms with E-state index in [2.05, 4.69) is 28.0 Å². The van der Waals surface area contributed by atoms with Gasteiger partial charge in [-0.15, -0.1) is 12.4 Å². The molecule has 2 aromatic heterocycles. The second-order valence-electron chi connectivity index (χ2n) is 5.18. The lowest BCUT2D eigenvalue weighted by Crippen LogP contribution is -2.27. The van der Waals surface area contributed by atoms with Gasteiger partial charge in [-0.05, 0) is 31.9 Å². The molecule has 2 atom stereocenters. The SMILES string of the molecule is CC1CC(CN)CN1Cc1cn2cccnc2n1.Cl. The molecule has 104 valence electrons. The van der Waals surface area contributed by atoms with Crippen LogP contribution in [0.5, 0.6) is 0 Å². The Balaban J connectivity index is 0.00000133. The van der Waals surface area contributed by atoms with Gasteiger partial charge in [0, 0.05) is 37.7 Å². The third kappa shape index (κ3) is 2.88. The average Bonchev–Trinajstić information content (AvgIpc) is 2.93. The van der Waals surface area contributed by atoms with Gasteiger partial charge < -0.3 is 5.73 Å². The highest BCUT2D eigenvalue weighted by Gasteiger charge is 2.28. The Kier molecular flexibility index (Phi) is 4.39. The van der Waals surface area contributed by atoms with Gasteiger partial charge >= 0.3 is 0 Å². The quantitative estimate of drug-likeness (QED) is 0.922. The van der Waals surface area contributed by atoms with Gasteiger partial charge in [-0.25, -0.2) is 9.97 Å². The minimum Gasteiger partial charge on any atom is -0.330 e. The minimum absolute atomic E-state index is 0. The maximum Gasteiger partial charge on any atom is 0.233 e. The predicted molar refractivity (Wildman–Crippen MR) is 77.3 cm³/mol. The van der Waals surface area contributed by atoms with E-state index in [9.17, 15) is 0 Å². The van der Waals surface area contributed by atoms with Crippen LogP contribution in [0.3, 0.4) is 0 Å². The molecule has 1 saturated heterocycles. The Morgan fingerprint density at radius 2 is 2.32 bits per heavy atom. The van der Waals surface area contributed by atoms with Crippen molar-refractivity contribution in [2.24, 2.45) is 11.7 Å². The highest BCUT2D eigenvalue weighted by molar-refractivity contribution is 5.85. The third-order valence-corrected chi connectivity index (χ3v) is 3.77. The van der Waals surface area contributed by atoms with Crippen LogP contribution in [0.1, 0.15) is 19.0 Å². The highest BCUT2D eigenvalue weighted by Crippen LogP contribution is 2.23. The fourth-order valence-electron chi connectivity index (χ4n) is 2.77. The van der Waals surface area contributed by atoms with E-state index >= 15 is 0 Å². The number of rotatable bonds is 3. The van der Waals surface area contributed by atoms with E-state index < -0.39 is 0 Å². The van der Waals surface area contributed by atoms with Gasteiger partial charge in [-0.1, -0.05) is 0 Å². The Labute approximate surface area is 119 Å². The molecule has 1 aliphatic heterocycles. The summed E-state index contributed by atoms with van der Waals surface area (Å²) in [5.74, 6) is 1.41. The molecular weight excluding hydrogens is 262 g/mol. The molecule has 3 rings (SSSR count). The number of nitrogens with zero attached hydrogens (tertiary/aromatic N) is 4. The van der Waals surface area contributed by atoms with Crippen molar-refractivity contribution in [3.63, 3.8) is 0 Å². The van der Waals surface area contributed by atoms with Crippen molar-refractivity contribution in [3.8, 4) is 0 Å². The summed E-state index contributed by atoms with van der Waals surface area (Å²) in [6.45, 7) is 5.03. The molecule has 0 aliphatic carbocycles. The lowest BCUT2D eigenvalue weighted by Gasteiger charge is -2.19. The zero-order valence-electron chi connectivity index (χ0n) is 11.1. The van der Waals surface area contributed by atoms with Crippen LogP contribution in [0.2, 0.25) is 0 Å². The van der Waals surface area contributed by atoms with Gasteiger partial charge in [-0.2, -0.15) is 0 Å². The molecule has 0 amide bonds. The van der Waals surface area contributed by atoms with Crippen molar-refractivity contribution in [1.29, 1.82) is 0 Å². The Hall–Kier alpha value is -1.17. The van der Waals surface area contributed by atoms with Gasteiger partial charge in [-0.3, -0.25) is 9.30 Å². The smallest absolute Gasteiger partial charge is 0.233 e. The van der Waals surface area contributed by atoms with Crippen molar-refractivity contribution in [2.75, 3.05) is 13.1 Å². The lowest BCUT2D eigenvalue weighted by atomic mass is 10.1. The average molecular weight is 282 g/mol. The summed E-state index contributed by atoms with van der Waals surface area (Å²) in [5, 5.41) is 0. The molecule has 0 aromatic carbocycles. The van der Waals surface area contributed by atoms with Crippen LogP contribution in [-0.4, -0.2) is 38.4 Å². The van der Waals surface area contributed by atoms with Crippen LogP contribution in [0.25, 0.3) is 5.78 Å². The van der Waals surface area contributed by atoms with Crippen molar-refractivity contribution in [1.82, 2.24) is 19.3 Å². The summed E-state index contributed by atoms with van der Waals surface area (Å²) in [5.41, 5.74) is 6.84. The lowest BCUT2D eigenvalue weighted by molar-refractivity contribution is 0.253. The van der Waals surface area contributed by atoms with Crippen molar-refractivity contribution in [2.45, 2.75) is 25.9 Å². The number of imidazole rings is 1. The predicted octanol–water partition coefficient (Wildman–Crippen LogP) is 1.32. The normalized spacial score (nSPS) is 23.7. The molecule has 1 fully saturated rings. The number of aromatic nitrogens is 3. The molecular formula is C13H20ClN5.